The second-order valence-corrected chi connectivity index (χ2v) is 13.9. The standard InChI is InChI=1S/C48H34N8O2.2BrH/c57-47(53-49-29-35-15-23-43-39(27-35)13-7-25-55(43)31-33-9-3-1-4-10-33)41-21-19-37-17-18-38-20-22-42(52-46(38)45(37)51-41)48(58)54-50-30-36-16-24-44-40(28-36)14-8-26-56(44)32-34-11-5-2-6-12-34;;/h1-30H,31-32H2;2*1H/b49-29+,50-30+;;. The molecule has 0 bridgehead atoms. The number of halogens is 2. The molecule has 0 spiro atoms. The molecular weight excluding hydrogens is 880 g/mol. The average Bonchev–Trinajstić information content (AvgIpc) is 3.26. The van der Waals surface area contributed by atoms with Gasteiger partial charge in [-0.1, -0.05) is 84.9 Å². The zero-order chi connectivity index (χ0) is 39.3. The lowest BCUT2D eigenvalue weighted by atomic mass is 10.1. The Hall–Kier alpha value is -7.02. The zero-order valence-electron chi connectivity index (χ0n) is 32.0. The minimum Gasteiger partial charge on any atom is -1.00 e. The number of fused-ring (bicyclic) bond motifs is 5. The van der Waals surface area contributed by atoms with Crippen LogP contribution in [0.4, 0.5) is 0 Å². The van der Waals surface area contributed by atoms with Gasteiger partial charge in [-0.2, -0.15) is 19.3 Å². The van der Waals surface area contributed by atoms with Crippen LogP contribution in [0.3, 0.4) is 0 Å². The van der Waals surface area contributed by atoms with Crippen molar-refractivity contribution in [2.24, 2.45) is 10.2 Å². The Morgan fingerprint density at radius 2 is 0.900 bits per heavy atom. The van der Waals surface area contributed by atoms with Crippen LogP contribution in [0.1, 0.15) is 43.2 Å². The average molecular weight is 917 g/mol. The maximum Gasteiger partial charge on any atom is 0.289 e. The van der Waals surface area contributed by atoms with Gasteiger partial charge in [-0.15, -0.1) is 0 Å². The van der Waals surface area contributed by atoms with Crippen molar-refractivity contribution in [1.82, 2.24) is 20.8 Å². The van der Waals surface area contributed by atoms with Crippen molar-refractivity contribution < 1.29 is 52.7 Å². The predicted octanol–water partition coefficient (Wildman–Crippen LogP) is 1.30. The second kappa shape index (κ2) is 18.7. The minimum absolute atomic E-state index is 0. The third-order valence-corrected chi connectivity index (χ3v) is 9.94. The Morgan fingerprint density at radius 3 is 1.33 bits per heavy atom. The molecule has 2 amide bonds. The van der Waals surface area contributed by atoms with Gasteiger partial charge in [0.25, 0.3) is 11.8 Å². The van der Waals surface area contributed by atoms with Crippen molar-refractivity contribution in [3.05, 3.63) is 204 Å². The van der Waals surface area contributed by atoms with E-state index in [1.165, 1.54) is 11.1 Å². The van der Waals surface area contributed by atoms with Crippen LogP contribution in [0.2, 0.25) is 0 Å². The summed E-state index contributed by atoms with van der Waals surface area (Å²) in [6, 6.07) is 51.6. The van der Waals surface area contributed by atoms with Gasteiger partial charge in [-0.25, -0.2) is 20.8 Å². The van der Waals surface area contributed by atoms with Crippen molar-refractivity contribution in [3.8, 4) is 0 Å². The molecule has 2 N–H and O–H groups in total. The number of hydrogen-bond acceptors (Lipinski definition) is 6. The van der Waals surface area contributed by atoms with Gasteiger partial charge in [0.05, 0.1) is 23.5 Å². The van der Waals surface area contributed by atoms with Crippen LogP contribution in [-0.4, -0.2) is 34.2 Å². The number of rotatable bonds is 10. The van der Waals surface area contributed by atoms with E-state index in [1.54, 1.807) is 36.7 Å². The third-order valence-electron chi connectivity index (χ3n) is 9.94. The van der Waals surface area contributed by atoms with Gasteiger partial charge in [-0.3, -0.25) is 9.59 Å². The zero-order valence-corrected chi connectivity index (χ0v) is 35.2. The van der Waals surface area contributed by atoms with Gasteiger partial charge in [0.15, 0.2) is 25.5 Å². The molecule has 0 aliphatic heterocycles. The summed E-state index contributed by atoms with van der Waals surface area (Å²) in [5.74, 6) is -0.945. The lowest BCUT2D eigenvalue weighted by Gasteiger charge is -2.07. The normalized spacial score (nSPS) is 11.2. The van der Waals surface area contributed by atoms with Gasteiger partial charge in [0.1, 0.15) is 11.4 Å². The second-order valence-electron chi connectivity index (χ2n) is 13.9. The van der Waals surface area contributed by atoms with Gasteiger partial charge in [-0.05, 0) is 59.7 Å². The van der Waals surface area contributed by atoms with E-state index in [4.69, 9.17) is 0 Å². The first-order chi connectivity index (χ1) is 28.5. The Labute approximate surface area is 366 Å². The van der Waals surface area contributed by atoms with Gasteiger partial charge in [0, 0.05) is 56.9 Å². The molecule has 0 radical (unpaired) electrons. The summed E-state index contributed by atoms with van der Waals surface area (Å²) in [6.45, 7) is 1.52. The number of nitrogens with one attached hydrogen (secondary N) is 2. The van der Waals surface area contributed by atoms with Crippen LogP contribution in [-0.2, 0) is 13.1 Å². The number of hydrazone groups is 2. The number of amides is 2. The summed E-state index contributed by atoms with van der Waals surface area (Å²) in [5, 5.41) is 12.1. The van der Waals surface area contributed by atoms with Gasteiger partial charge in [0.2, 0.25) is 11.0 Å². The van der Waals surface area contributed by atoms with E-state index in [0.717, 1.165) is 56.8 Å². The molecule has 4 heterocycles. The summed E-state index contributed by atoms with van der Waals surface area (Å²) in [4.78, 5) is 35.8. The molecule has 294 valence electrons. The molecule has 9 aromatic rings. The number of nitrogens with zero attached hydrogens (tertiary/aromatic N) is 6. The highest BCUT2D eigenvalue weighted by Crippen LogP contribution is 2.23. The fourth-order valence-corrected chi connectivity index (χ4v) is 7.06. The monoisotopic (exact) mass is 914 g/mol. The van der Waals surface area contributed by atoms with Crippen molar-refractivity contribution in [2.75, 3.05) is 0 Å². The number of aromatic nitrogens is 4. The van der Waals surface area contributed by atoms with Crippen molar-refractivity contribution >= 4 is 67.9 Å². The Kier molecular flexibility index (Phi) is 12.8. The first kappa shape index (κ1) is 41.2. The Bertz CT molecular complexity index is 2860. The number of hydrogen-bond donors (Lipinski definition) is 2. The maximum absolute atomic E-state index is 13.2. The SMILES string of the molecule is O=C(N/N=C/c1ccc2c(ccc[n+]2Cc2ccccc2)c1)c1ccc2ccc3ccc(C(=O)N/N=C/c4ccc5c(ccc[n+]5Cc5ccccc5)c4)nc3c2n1.[Br-].[Br-]. The molecule has 60 heavy (non-hydrogen) atoms. The molecule has 0 aliphatic carbocycles. The predicted molar refractivity (Wildman–Crippen MR) is 227 cm³/mol. The Balaban J connectivity index is 0.00000272. The number of carbonyl (C=O) groups is 2. The molecule has 9 rings (SSSR count). The lowest BCUT2D eigenvalue weighted by Crippen LogP contribution is -3.00. The van der Waals surface area contributed by atoms with E-state index in [9.17, 15) is 9.59 Å². The van der Waals surface area contributed by atoms with Gasteiger partial charge >= 0.3 is 0 Å². The van der Waals surface area contributed by atoms with Crippen LogP contribution < -0.4 is 53.9 Å². The first-order valence-corrected chi connectivity index (χ1v) is 18.8. The fourth-order valence-electron chi connectivity index (χ4n) is 7.06. The summed E-state index contributed by atoms with van der Waals surface area (Å²) in [7, 11) is 0. The molecule has 12 heteroatoms. The molecule has 0 unspecified atom stereocenters. The molecule has 4 aromatic heterocycles. The molecule has 0 saturated heterocycles. The van der Waals surface area contributed by atoms with Crippen LogP contribution in [0, 0.1) is 0 Å². The summed E-state index contributed by atoms with van der Waals surface area (Å²) in [5.41, 5.74) is 12.8. The maximum atomic E-state index is 13.2. The van der Waals surface area contributed by atoms with Crippen molar-refractivity contribution in [1.29, 1.82) is 0 Å². The van der Waals surface area contributed by atoms with E-state index < -0.39 is 11.8 Å². The summed E-state index contributed by atoms with van der Waals surface area (Å²) < 4.78 is 4.41. The van der Waals surface area contributed by atoms with E-state index in [2.05, 4.69) is 101 Å². The highest BCUT2D eigenvalue weighted by Gasteiger charge is 2.15. The molecule has 10 nitrogen and oxygen atoms in total. The van der Waals surface area contributed by atoms with Crippen LogP contribution in [0.5, 0.6) is 0 Å². The smallest absolute Gasteiger partial charge is 0.289 e. The molecule has 5 aromatic carbocycles. The number of pyridine rings is 4. The summed E-state index contributed by atoms with van der Waals surface area (Å²) >= 11 is 0. The number of benzene rings is 5. The highest BCUT2D eigenvalue weighted by molar-refractivity contribution is 6.06. The van der Waals surface area contributed by atoms with Crippen LogP contribution in [0.25, 0.3) is 43.6 Å². The molecule has 0 aliphatic rings. The van der Waals surface area contributed by atoms with E-state index >= 15 is 0 Å². The van der Waals surface area contributed by atoms with Crippen molar-refractivity contribution in [2.45, 2.75) is 13.1 Å². The first-order valence-electron chi connectivity index (χ1n) is 18.8. The van der Waals surface area contributed by atoms with Crippen molar-refractivity contribution in [3.63, 3.8) is 0 Å². The Morgan fingerprint density at radius 1 is 0.483 bits per heavy atom. The van der Waals surface area contributed by atoms with Crippen LogP contribution in [0.15, 0.2) is 180 Å². The fraction of sp³-hybridized carbons (Fsp3) is 0.0417. The number of carbonyl (C=O) groups excluding carboxylic acids is 2. The largest absolute Gasteiger partial charge is 1.00 e. The summed E-state index contributed by atoms with van der Waals surface area (Å²) in [6.07, 6.45) is 7.36. The van der Waals surface area contributed by atoms with E-state index in [0.29, 0.717) is 11.0 Å². The lowest BCUT2D eigenvalue weighted by molar-refractivity contribution is -0.662. The van der Waals surface area contributed by atoms with Gasteiger partial charge < -0.3 is 34.0 Å². The van der Waals surface area contributed by atoms with Crippen LogP contribution >= 0.6 is 0 Å². The molecule has 0 fully saturated rings. The third kappa shape index (κ3) is 9.15. The van der Waals surface area contributed by atoms with E-state index in [-0.39, 0.29) is 45.4 Å². The van der Waals surface area contributed by atoms with E-state index in [1.807, 2.05) is 84.9 Å². The quantitative estimate of drug-likeness (QED) is 0.0933. The molecular formula is C48H36Br2N8O2. The highest BCUT2D eigenvalue weighted by atomic mass is 79.9. The topological polar surface area (TPSA) is 116 Å². The molecule has 0 saturated carbocycles. The minimum atomic E-state index is -0.473. The molecule has 0 atom stereocenters.